The minimum atomic E-state index is -0.919. The Morgan fingerprint density at radius 3 is 2.81 bits per heavy atom. The lowest BCUT2D eigenvalue weighted by Gasteiger charge is -2.08. The largest absolute Gasteiger partial charge is 0.478 e. The fourth-order valence-corrected chi connectivity index (χ4v) is 2.40. The van der Waals surface area contributed by atoms with Gasteiger partial charge in [0.05, 0.1) is 16.6 Å². The summed E-state index contributed by atoms with van der Waals surface area (Å²) in [5.74, 6) is 0.0699. The number of carboxylic acids is 1. The van der Waals surface area contributed by atoms with Crippen LogP contribution in [0.25, 0.3) is 11.0 Å². The molecule has 0 aliphatic heterocycles. The molecule has 21 heavy (non-hydrogen) atoms. The molecule has 0 fully saturated rings. The lowest BCUT2D eigenvalue weighted by molar-refractivity contribution is 0.0697. The second-order valence-corrected chi connectivity index (χ2v) is 5.01. The third-order valence-corrected chi connectivity index (χ3v) is 3.41. The molecule has 2 aromatic rings. The summed E-state index contributed by atoms with van der Waals surface area (Å²) in [4.78, 5) is 15.6. The number of carboxylic acid groups (broad SMARTS) is 1. The Labute approximate surface area is 124 Å². The van der Waals surface area contributed by atoms with Crippen molar-refractivity contribution in [1.29, 1.82) is 0 Å². The van der Waals surface area contributed by atoms with E-state index in [4.69, 9.17) is 9.84 Å². The van der Waals surface area contributed by atoms with E-state index >= 15 is 0 Å². The third-order valence-electron chi connectivity index (χ3n) is 3.41. The van der Waals surface area contributed by atoms with Gasteiger partial charge in [0.2, 0.25) is 0 Å². The highest BCUT2D eigenvalue weighted by molar-refractivity contribution is 5.92. The molecule has 0 atom stereocenters. The molecule has 5 heteroatoms. The van der Waals surface area contributed by atoms with Crippen molar-refractivity contribution in [2.45, 2.75) is 39.7 Å². The van der Waals surface area contributed by atoms with Crippen LogP contribution >= 0.6 is 0 Å². The quantitative estimate of drug-likeness (QED) is 0.759. The highest BCUT2D eigenvalue weighted by Gasteiger charge is 2.11. The van der Waals surface area contributed by atoms with Crippen molar-refractivity contribution in [3.8, 4) is 0 Å². The summed E-state index contributed by atoms with van der Waals surface area (Å²) in [5.41, 5.74) is 2.02. The smallest absolute Gasteiger partial charge is 0.335 e. The zero-order valence-corrected chi connectivity index (χ0v) is 12.6. The highest BCUT2D eigenvalue weighted by Crippen LogP contribution is 2.19. The average Bonchev–Trinajstić information content (AvgIpc) is 2.84. The number of nitrogens with zero attached hydrogens (tertiary/aromatic N) is 2. The van der Waals surface area contributed by atoms with Crippen molar-refractivity contribution in [1.82, 2.24) is 9.55 Å². The summed E-state index contributed by atoms with van der Waals surface area (Å²) < 4.78 is 7.67. The molecule has 1 aromatic carbocycles. The molecule has 2 rings (SSSR count). The summed E-state index contributed by atoms with van der Waals surface area (Å²) in [5, 5.41) is 9.05. The van der Waals surface area contributed by atoms with Crippen molar-refractivity contribution in [3.63, 3.8) is 0 Å². The van der Waals surface area contributed by atoms with Gasteiger partial charge in [-0.1, -0.05) is 13.8 Å². The van der Waals surface area contributed by atoms with Crippen LogP contribution < -0.4 is 0 Å². The molecule has 0 unspecified atom stereocenters. The monoisotopic (exact) mass is 290 g/mol. The normalized spacial score (nSPS) is 11.1. The van der Waals surface area contributed by atoms with E-state index in [2.05, 4.69) is 23.4 Å². The molecular weight excluding hydrogens is 268 g/mol. The molecule has 0 aliphatic carbocycles. The Hall–Kier alpha value is -1.88. The third kappa shape index (κ3) is 3.61. The molecule has 1 heterocycles. The maximum atomic E-state index is 11.0. The van der Waals surface area contributed by atoms with Gasteiger partial charge in [0.1, 0.15) is 5.82 Å². The molecule has 5 nitrogen and oxygen atoms in total. The minimum absolute atomic E-state index is 0.279. The van der Waals surface area contributed by atoms with E-state index < -0.39 is 5.97 Å². The predicted octanol–water partition coefficient (Wildman–Crippen LogP) is 3.11. The van der Waals surface area contributed by atoms with Crippen LogP contribution in [0.5, 0.6) is 0 Å². The molecule has 114 valence electrons. The average molecular weight is 290 g/mol. The van der Waals surface area contributed by atoms with Crippen molar-refractivity contribution >= 4 is 17.0 Å². The Bertz CT molecular complexity index is 619. The first-order valence-corrected chi connectivity index (χ1v) is 7.47. The van der Waals surface area contributed by atoms with E-state index in [0.717, 1.165) is 55.9 Å². The van der Waals surface area contributed by atoms with E-state index in [1.807, 2.05) is 6.07 Å². The fourth-order valence-electron chi connectivity index (χ4n) is 2.40. The van der Waals surface area contributed by atoms with Crippen LogP contribution in [0, 0.1) is 0 Å². The summed E-state index contributed by atoms with van der Waals surface area (Å²) >= 11 is 0. The first-order valence-electron chi connectivity index (χ1n) is 7.47. The lowest BCUT2D eigenvalue weighted by atomic mass is 10.2. The van der Waals surface area contributed by atoms with Gasteiger partial charge in [-0.3, -0.25) is 0 Å². The van der Waals surface area contributed by atoms with Gasteiger partial charge in [-0.2, -0.15) is 0 Å². The molecule has 0 aliphatic rings. The minimum Gasteiger partial charge on any atom is -0.478 e. The number of fused-ring (bicyclic) bond motifs is 1. The van der Waals surface area contributed by atoms with Crippen molar-refractivity contribution in [2.24, 2.45) is 0 Å². The molecular formula is C16H22N2O3. The van der Waals surface area contributed by atoms with Crippen molar-refractivity contribution in [3.05, 3.63) is 29.6 Å². The van der Waals surface area contributed by atoms with E-state index in [9.17, 15) is 4.79 Å². The zero-order chi connectivity index (χ0) is 15.2. The first-order chi connectivity index (χ1) is 10.2. The number of imidazole rings is 1. The molecule has 0 radical (unpaired) electrons. The highest BCUT2D eigenvalue weighted by atomic mass is 16.5. The fraction of sp³-hybridized carbons (Fsp3) is 0.500. The second-order valence-electron chi connectivity index (χ2n) is 5.01. The van der Waals surface area contributed by atoms with Gasteiger partial charge in [0, 0.05) is 26.2 Å². The SMILES string of the molecule is CCCOCCCn1c(CC)nc2cc(C(=O)O)ccc21. The number of hydrogen-bond acceptors (Lipinski definition) is 3. The number of aromatic carboxylic acids is 1. The lowest BCUT2D eigenvalue weighted by Crippen LogP contribution is -2.06. The van der Waals surface area contributed by atoms with Crippen LogP contribution in [0.3, 0.4) is 0 Å². The summed E-state index contributed by atoms with van der Waals surface area (Å²) in [6.45, 7) is 6.54. The van der Waals surface area contributed by atoms with E-state index in [-0.39, 0.29) is 5.56 Å². The summed E-state index contributed by atoms with van der Waals surface area (Å²) in [7, 11) is 0. The van der Waals surface area contributed by atoms with Gasteiger partial charge in [-0.25, -0.2) is 9.78 Å². The van der Waals surface area contributed by atoms with Crippen LogP contribution in [0.15, 0.2) is 18.2 Å². The van der Waals surface area contributed by atoms with Gasteiger partial charge in [0.15, 0.2) is 0 Å². The molecule has 0 amide bonds. The number of carbonyl (C=O) groups is 1. The standard InChI is InChI=1S/C16H22N2O3/c1-3-9-21-10-5-8-18-14-7-6-12(16(19)20)11-13(14)17-15(18)4-2/h6-7,11H,3-5,8-10H2,1-2H3,(H,19,20). The van der Waals surface area contributed by atoms with Crippen LogP contribution in [0.2, 0.25) is 0 Å². The topological polar surface area (TPSA) is 64.4 Å². The molecule has 1 N–H and O–H groups in total. The van der Waals surface area contributed by atoms with Crippen LogP contribution in [-0.2, 0) is 17.7 Å². The summed E-state index contributed by atoms with van der Waals surface area (Å²) in [6, 6.07) is 5.12. The Kier molecular flexibility index (Phi) is 5.33. The maximum absolute atomic E-state index is 11.0. The van der Waals surface area contributed by atoms with Crippen molar-refractivity contribution in [2.75, 3.05) is 13.2 Å². The molecule has 0 saturated heterocycles. The number of ether oxygens (including phenoxy) is 1. The van der Waals surface area contributed by atoms with Gasteiger partial charge in [0.25, 0.3) is 0 Å². The molecule has 0 bridgehead atoms. The second kappa shape index (κ2) is 7.22. The van der Waals surface area contributed by atoms with Gasteiger partial charge in [-0.05, 0) is 31.0 Å². The maximum Gasteiger partial charge on any atom is 0.335 e. The number of rotatable bonds is 8. The van der Waals surface area contributed by atoms with Crippen LogP contribution in [0.1, 0.15) is 42.9 Å². The number of benzene rings is 1. The van der Waals surface area contributed by atoms with E-state index in [1.165, 1.54) is 0 Å². The van der Waals surface area contributed by atoms with E-state index in [0.29, 0.717) is 0 Å². The summed E-state index contributed by atoms with van der Waals surface area (Å²) in [6.07, 6.45) is 2.79. The van der Waals surface area contributed by atoms with Gasteiger partial charge < -0.3 is 14.4 Å². The Morgan fingerprint density at radius 2 is 2.14 bits per heavy atom. The number of hydrogen-bond donors (Lipinski definition) is 1. The van der Waals surface area contributed by atoms with Gasteiger partial charge in [-0.15, -0.1) is 0 Å². The Morgan fingerprint density at radius 1 is 1.33 bits per heavy atom. The number of aromatic nitrogens is 2. The van der Waals surface area contributed by atoms with E-state index in [1.54, 1.807) is 12.1 Å². The first kappa shape index (κ1) is 15.5. The molecule has 0 spiro atoms. The molecule has 0 saturated carbocycles. The van der Waals surface area contributed by atoms with Crippen molar-refractivity contribution < 1.29 is 14.6 Å². The Balaban J connectivity index is 2.19. The number of aryl methyl sites for hydroxylation is 2. The van der Waals surface area contributed by atoms with Gasteiger partial charge >= 0.3 is 5.97 Å². The van der Waals surface area contributed by atoms with Crippen LogP contribution in [-0.4, -0.2) is 33.8 Å². The predicted molar refractivity (Wildman–Crippen MR) is 81.8 cm³/mol. The molecule has 1 aromatic heterocycles. The zero-order valence-electron chi connectivity index (χ0n) is 12.6. The van der Waals surface area contributed by atoms with Crippen LogP contribution in [0.4, 0.5) is 0 Å².